The first-order valence-electron chi connectivity index (χ1n) is 8.36. The van der Waals surface area contributed by atoms with E-state index in [-0.39, 0.29) is 5.91 Å². The SMILES string of the molecule is CC1CCN(C(=O)c2cccc(CSc3cc(Cl)ccc3Cl)n2)CC1. The van der Waals surface area contributed by atoms with Crippen molar-refractivity contribution >= 4 is 40.9 Å². The number of hydrogen-bond donors (Lipinski definition) is 0. The quantitative estimate of drug-likeness (QED) is 0.636. The summed E-state index contributed by atoms with van der Waals surface area (Å²) in [5, 5.41) is 1.33. The molecule has 1 aromatic carbocycles. The van der Waals surface area contributed by atoms with Gasteiger partial charge in [-0.1, -0.05) is 36.2 Å². The third-order valence-corrected chi connectivity index (χ3v) is 6.13. The number of likely N-dealkylation sites (tertiary alicyclic amines) is 1. The molecule has 0 spiro atoms. The second-order valence-corrected chi connectivity index (χ2v) is 8.21. The topological polar surface area (TPSA) is 33.2 Å². The smallest absolute Gasteiger partial charge is 0.272 e. The molecular weight excluding hydrogens is 375 g/mol. The molecule has 1 amide bonds. The van der Waals surface area contributed by atoms with Crippen molar-refractivity contribution in [1.29, 1.82) is 0 Å². The largest absolute Gasteiger partial charge is 0.337 e. The molecule has 1 fully saturated rings. The number of nitrogens with zero attached hydrogens (tertiary/aromatic N) is 2. The van der Waals surface area contributed by atoms with E-state index in [1.54, 1.807) is 30.0 Å². The number of hydrogen-bond acceptors (Lipinski definition) is 3. The van der Waals surface area contributed by atoms with Gasteiger partial charge in [0.2, 0.25) is 0 Å². The standard InChI is InChI=1S/C19H20Cl2N2OS/c1-13-7-9-23(10-8-13)19(24)17-4-2-3-15(22-17)12-25-18-11-14(20)5-6-16(18)21/h2-6,11,13H,7-10,12H2,1H3. The fourth-order valence-corrected chi connectivity index (χ4v) is 4.19. The van der Waals surface area contributed by atoms with Crippen LogP contribution in [0.2, 0.25) is 10.0 Å². The second-order valence-electron chi connectivity index (χ2n) is 6.35. The van der Waals surface area contributed by atoms with E-state index in [4.69, 9.17) is 23.2 Å². The molecule has 1 aliphatic rings. The number of carbonyl (C=O) groups is 1. The van der Waals surface area contributed by atoms with Crippen LogP contribution in [0.3, 0.4) is 0 Å². The minimum atomic E-state index is 0.0273. The average Bonchev–Trinajstić information content (AvgIpc) is 2.63. The van der Waals surface area contributed by atoms with E-state index in [0.717, 1.165) is 36.5 Å². The van der Waals surface area contributed by atoms with Crippen LogP contribution in [-0.2, 0) is 5.75 Å². The van der Waals surface area contributed by atoms with Crippen LogP contribution >= 0.6 is 35.0 Å². The van der Waals surface area contributed by atoms with Gasteiger partial charge < -0.3 is 4.90 Å². The maximum absolute atomic E-state index is 12.6. The Morgan fingerprint density at radius 1 is 1.24 bits per heavy atom. The van der Waals surface area contributed by atoms with Gasteiger partial charge in [-0.2, -0.15) is 0 Å². The molecule has 0 radical (unpaired) electrons. The van der Waals surface area contributed by atoms with Gasteiger partial charge in [0.05, 0.1) is 10.7 Å². The number of thioether (sulfide) groups is 1. The molecule has 25 heavy (non-hydrogen) atoms. The van der Waals surface area contributed by atoms with Gasteiger partial charge in [-0.25, -0.2) is 4.98 Å². The third kappa shape index (κ3) is 4.90. The van der Waals surface area contributed by atoms with Gasteiger partial charge in [0.15, 0.2) is 0 Å². The lowest BCUT2D eigenvalue weighted by atomic mass is 9.99. The Kier molecular flexibility index (Phi) is 6.26. The minimum Gasteiger partial charge on any atom is -0.337 e. The van der Waals surface area contributed by atoms with Crippen LogP contribution in [0.4, 0.5) is 0 Å². The van der Waals surface area contributed by atoms with Crippen LogP contribution in [0.5, 0.6) is 0 Å². The molecule has 2 aromatic rings. The molecule has 2 heterocycles. The summed E-state index contributed by atoms with van der Waals surface area (Å²) in [4.78, 5) is 20.0. The van der Waals surface area contributed by atoms with Crippen molar-refractivity contribution < 1.29 is 4.79 Å². The van der Waals surface area contributed by atoms with Crippen LogP contribution in [-0.4, -0.2) is 28.9 Å². The number of carbonyl (C=O) groups excluding carboxylic acids is 1. The summed E-state index contributed by atoms with van der Waals surface area (Å²) >= 11 is 13.8. The zero-order valence-corrected chi connectivity index (χ0v) is 16.4. The zero-order valence-electron chi connectivity index (χ0n) is 14.0. The van der Waals surface area contributed by atoms with Gasteiger partial charge in [-0.3, -0.25) is 4.79 Å². The lowest BCUT2D eigenvalue weighted by molar-refractivity contribution is 0.0691. The van der Waals surface area contributed by atoms with Crippen molar-refractivity contribution in [2.75, 3.05) is 13.1 Å². The first kappa shape index (κ1) is 18.6. The number of halogens is 2. The van der Waals surface area contributed by atoms with Gasteiger partial charge in [0.1, 0.15) is 5.69 Å². The molecule has 0 atom stereocenters. The monoisotopic (exact) mass is 394 g/mol. The third-order valence-electron chi connectivity index (χ3n) is 4.37. The molecule has 0 aliphatic carbocycles. The van der Waals surface area contributed by atoms with Crippen molar-refractivity contribution in [3.8, 4) is 0 Å². The Morgan fingerprint density at radius 3 is 2.76 bits per heavy atom. The van der Waals surface area contributed by atoms with E-state index in [2.05, 4.69) is 11.9 Å². The molecule has 1 aliphatic heterocycles. The van der Waals surface area contributed by atoms with Crippen molar-refractivity contribution in [1.82, 2.24) is 9.88 Å². The number of aromatic nitrogens is 1. The van der Waals surface area contributed by atoms with Crippen LogP contribution in [0, 0.1) is 5.92 Å². The fourth-order valence-electron chi connectivity index (χ4n) is 2.79. The van der Waals surface area contributed by atoms with E-state index in [0.29, 0.717) is 27.4 Å². The van der Waals surface area contributed by atoms with Crippen LogP contribution in [0.15, 0.2) is 41.3 Å². The molecule has 1 saturated heterocycles. The summed E-state index contributed by atoms with van der Waals surface area (Å²) in [6, 6.07) is 11.0. The molecule has 0 saturated carbocycles. The number of piperidine rings is 1. The fraction of sp³-hybridized carbons (Fsp3) is 0.368. The van der Waals surface area contributed by atoms with E-state index in [1.165, 1.54) is 0 Å². The number of pyridine rings is 1. The van der Waals surface area contributed by atoms with E-state index < -0.39 is 0 Å². The summed E-state index contributed by atoms with van der Waals surface area (Å²) in [6.07, 6.45) is 2.13. The first-order chi connectivity index (χ1) is 12.0. The van der Waals surface area contributed by atoms with Gasteiger partial charge in [-0.15, -0.1) is 11.8 Å². The molecule has 0 unspecified atom stereocenters. The average molecular weight is 395 g/mol. The van der Waals surface area contributed by atoms with E-state index in [9.17, 15) is 4.79 Å². The number of benzene rings is 1. The van der Waals surface area contributed by atoms with Gasteiger partial charge in [0.25, 0.3) is 5.91 Å². The highest BCUT2D eigenvalue weighted by atomic mass is 35.5. The summed E-state index contributed by atoms with van der Waals surface area (Å²) in [5.74, 6) is 1.36. The molecule has 6 heteroatoms. The summed E-state index contributed by atoms with van der Waals surface area (Å²) in [7, 11) is 0. The maximum Gasteiger partial charge on any atom is 0.272 e. The molecule has 132 valence electrons. The van der Waals surface area contributed by atoms with Crippen molar-refractivity contribution in [2.45, 2.75) is 30.4 Å². The summed E-state index contributed by atoms with van der Waals surface area (Å²) in [6.45, 7) is 3.87. The van der Waals surface area contributed by atoms with Crippen LogP contribution in [0.1, 0.15) is 35.9 Å². The van der Waals surface area contributed by atoms with Gasteiger partial charge in [0, 0.05) is 28.8 Å². The van der Waals surface area contributed by atoms with Crippen LogP contribution in [0.25, 0.3) is 0 Å². The number of rotatable bonds is 4. The van der Waals surface area contributed by atoms with E-state index in [1.807, 2.05) is 23.1 Å². The van der Waals surface area contributed by atoms with E-state index >= 15 is 0 Å². The highest BCUT2D eigenvalue weighted by Gasteiger charge is 2.22. The predicted octanol–water partition coefficient (Wildman–Crippen LogP) is 5.55. The Hall–Kier alpha value is -1.23. The zero-order chi connectivity index (χ0) is 17.8. The lowest BCUT2D eigenvalue weighted by Crippen LogP contribution is -2.38. The molecule has 3 nitrogen and oxygen atoms in total. The highest BCUT2D eigenvalue weighted by Crippen LogP contribution is 2.31. The summed E-state index contributed by atoms with van der Waals surface area (Å²) < 4.78 is 0. The Labute approximate surface area is 162 Å². The maximum atomic E-state index is 12.6. The normalized spacial score (nSPS) is 15.4. The second kappa shape index (κ2) is 8.43. The van der Waals surface area contributed by atoms with Gasteiger partial charge >= 0.3 is 0 Å². The van der Waals surface area contributed by atoms with Crippen molar-refractivity contribution in [3.63, 3.8) is 0 Å². The summed E-state index contributed by atoms with van der Waals surface area (Å²) in [5.41, 5.74) is 1.38. The van der Waals surface area contributed by atoms with Gasteiger partial charge in [-0.05, 0) is 49.1 Å². The van der Waals surface area contributed by atoms with Crippen molar-refractivity contribution in [3.05, 3.63) is 57.8 Å². The molecular formula is C19H20Cl2N2OS. The first-order valence-corrected chi connectivity index (χ1v) is 10.1. The Balaban J connectivity index is 1.67. The minimum absolute atomic E-state index is 0.0273. The Morgan fingerprint density at radius 2 is 2.00 bits per heavy atom. The van der Waals surface area contributed by atoms with Crippen molar-refractivity contribution in [2.24, 2.45) is 5.92 Å². The highest BCUT2D eigenvalue weighted by molar-refractivity contribution is 7.98. The predicted molar refractivity (Wildman–Crippen MR) is 105 cm³/mol. The lowest BCUT2D eigenvalue weighted by Gasteiger charge is -2.30. The molecule has 1 aromatic heterocycles. The molecule has 0 bridgehead atoms. The molecule has 0 N–H and O–H groups in total. The molecule has 3 rings (SSSR count). The number of amides is 1. The Bertz CT molecular complexity index is 761. The van der Waals surface area contributed by atoms with Crippen LogP contribution < -0.4 is 0 Å².